The van der Waals surface area contributed by atoms with Crippen molar-refractivity contribution in [3.63, 3.8) is 0 Å². The van der Waals surface area contributed by atoms with Crippen LogP contribution in [0, 0.1) is 0 Å². The first kappa shape index (κ1) is 10.8. The SMILES string of the molecule is COCC(O)CN(C)c1cn[nH]c1N. The number of aromatic amines is 1. The average Bonchev–Trinajstić information content (AvgIpc) is 2.51. The second kappa shape index (κ2) is 4.83. The summed E-state index contributed by atoms with van der Waals surface area (Å²) >= 11 is 0. The maximum atomic E-state index is 9.47. The molecular weight excluding hydrogens is 184 g/mol. The lowest BCUT2D eigenvalue weighted by molar-refractivity contribution is 0.0695. The number of anilines is 2. The normalized spacial score (nSPS) is 12.8. The Kier molecular flexibility index (Phi) is 3.73. The number of aromatic nitrogens is 2. The zero-order valence-corrected chi connectivity index (χ0v) is 8.40. The summed E-state index contributed by atoms with van der Waals surface area (Å²) < 4.78 is 4.82. The van der Waals surface area contributed by atoms with E-state index in [0.717, 1.165) is 5.69 Å². The van der Waals surface area contributed by atoms with Gasteiger partial charge in [0.25, 0.3) is 0 Å². The average molecular weight is 200 g/mol. The summed E-state index contributed by atoms with van der Waals surface area (Å²) in [6, 6.07) is 0. The van der Waals surface area contributed by atoms with Crippen molar-refractivity contribution >= 4 is 11.5 Å². The largest absolute Gasteiger partial charge is 0.389 e. The van der Waals surface area contributed by atoms with E-state index >= 15 is 0 Å². The van der Waals surface area contributed by atoms with Crippen molar-refractivity contribution < 1.29 is 9.84 Å². The Bertz CT molecular complexity index is 276. The topological polar surface area (TPSA) is 87.4 Å². The van der Waals surface area contributed by atoms with E-state index in [-0.39, 0.29) is 0 Å². The van der Waals surface area contributed by atoms with Gasteiger partial charge in [-0.1, -0.05) is 0 Å². The quantitative estimate of drug-likeness (QED) is 0.592. The number of ether oxygens (including phenoxy) is 1. The van der Waals surface area contributed by atoms with Crippen LogP contribution in [0.1, 0.15) is 0 Å². The number of rotatable bonds is 5. The number of methoxy groups -OCH3 is 1. The molecule has 1 unspecified atom stereocenters. The van der Waals surface area contributed by atoms with Gasteiger partial charge in [0.05, 0.1) is 24.6 Å². The second-order valence-corrected chi connectivity index (χ2v) is 3.16. The third-order valence-corrected chi connectivity index (χ3v) is 1.90. The fourth-order valence-corrected chi connectivity index (χ4v) is 1.25. The summed E-state index contributed by atoms with van der Waals surface area (Å²) in [5.41, 5.74) is 6.40. The van der Waals surface area contributed by atoms with Gasteiger partial charge in [0.15, 0.2) is 0 Å². The van der Waals surface area contributed by atoms with Crippen molar-refractivity contribution in [2.24, 2.45) is 0 Å². The first-order valence-corrected chi connectivity index (χ1v) is 4.32. The molecule has 1 rings (SSSR count). The summed E-state index contributed by atoms with van der Waals surface area (Å²) in [6.45, 7) is 0.764. The zero-order chi connectivity index (χ0) is 10.6. The molecule has 1 aromatic rings. The van der Waals surface area contributed by atoms with Gasteiger partial charge in [-0.2, -0.15) is 5.10 Å². The third-order valence-electron chi connectivity index (χ3n) is 1.90. The molecule has 0 aliphatic carbocycles. The number of nitrogens with two attached hydrogens (primary N) is 1. The highest BCUT2D eigenvalue weighted by molar-refractivity contribution is 5.61. The molecule has 6 heteroatoms. The summed E-state index contributed by atoms with van der Waals surface area (Å²) in [4.78, 5) is 1.82. The van der Waals surface area contributed by atoms with E-state index in [2.05, 4.69) is 10.2 Å². The molecule has 0 amide bonds. The summed E-state index contributed by atoms with van der Waals surface area (Å²) in [5, 5.41) is 15.9. The first-order chi connectivity index (χ1) is 6.65. The monoisotopic (exact) mass is 200 g/mol. The van der Waals surface area contributed by atoms with Crippen LogP contribution in [-0.4, -0.2) is 48.7 Å². The number of likely N-dealkylation sites (N-methyl/N-ethyl adjacent to an activating group) is 1. The van der Waals surface area contributed by atoms with E-state index in [1.54, 1.807) is 13.3 Å². The predicted molar refractivity (Wildman–Crippen MR) is 54.2 cm³/mol. The molecule has 6 nitrogen and oxygen atoms in total. The van der Waals surface area contributed by atoms with Crippen LogP contribution in [0.15, 0.2) is 6.20 Å². The van der Waals surface area contributed by atoms with Gasteiger partial charge in [0.1, 0.15) is 5.82 Å². The van der Waals surface area contributed by atoms with Crippen LogP contribution in [0.3, 0.4) is 0 Å². The molecule has 0 aliphatic rings. The van der Waals surface area contributed by atoms with E-state index in [1.165, 1.54) is 0 Å². The molecule has 1 aromatic heterocycles. The molecular formula is C8H16N4O2. The van der Waals surface area contributed by atoms with Crippen LogP contribution in [0.5, 0.6) is 0 Å². The first-order valence-electron chi connectivity index (χ1n) is 4.32. The molecule has 0 radical (unpaired) electrons. The molecule has 0 spiro atoms. The highest BCUT2D eigenvalue weighted by Crippen LogP contribution is 2.17. The van der Waals surface area contributed by atoms with Crippen LogP contribution in [-0.2, 0) is 4.74 Å². The van der Waals surface area contributed by atoms with Crippen LogP contribution in [0.2, 0.25) is 0 Å². The molecule has 1 heterocycles. The minimum atomic E-state index is -0.528. The maximum absolute atomic E-state index is 9.47. The van der Waals surface area contributed by atoms with E-state index in [4.69, 9.17) is 10.5 Å². The van der Waals surface area contributed by atoms with E-state index in [0.29, 0.717) is 19.0 Å². The molecule has 0 fully saturated rings. The van der Waals surface area contributed by atoms with Gasteiger partial charge < -0.3 is 20.5 Å². The smallest absolute Gasteiger partial charge is 0.142 e. The molecule has 0 aliphatic heterocycles. The standard InChI is InChI=1S/C8H16N4O2/c1-12(4-6(13)5-14-2)7-3-10-11-8(7)9/h3,6,13H,4-5H2,1-2H3,(H3,9,10,11). The number of nitrogen functional groups attached to an aromatic ring is 1. The number of aliphatic hydroxyl groups excluding tert-OH is 1. The van der Waals surface area contributed by atoms with Gasteiger partial charge in [0.2, 0.25) is 0 Å². The number of nitrogens with one attached hydrogen (secondary N) is 1. The van der Waals surface area contributed by atoms with Crippen molar-refractivity contribution in [3.8, 4) is 0 Å². The Hall–Kier alpha value is -1.27. The van der Waals surface area contributed by atoms with Crippen LogP contribution in [0.4, 0.5) is 11.5 Å². The Labute approximate surface area is 82.7 Å². The van der Waals surface area contributed by atoms with Crippen LogP contribution in [0.25, 0.3) is 0 Å². The predicted octanol–water partition coefficient (Wildman–Crippen LogP) is -0.565. The highest BCUT2D eigenvalue weighted by atomic mass is 16.5. The number of hydrogen-bond acceptors (Lipinski definition) is 5. The highest BCUT2D eigenvalue weighted by Gasteiger charge is 2.11. The second-order valence-electron chi connectivity index (χ2n) is 3.16. The summed E-state index contributed by atoms with van der Waals surface area (Å²) in [7, 11) is 3.38. The van der Waals surface area contributed by atoms with Gasteiger partial charge in [-0.05, 0) is 0 Å². The molecule has 80 valence electrons. The fourth-order valence-electron chi connectivity index (χ4n) is 1.25. The summed E-state index contributed by atoms with van der Waals surface area (Å²) in [6.07, 6.45) is 1.09. The number of hydrogen-bond donors (Lipinski definition) is 3. The van der Waals surface area contributed by atoms with Crippen LogP contribution >= 0.6 is 0 Å². The zero-order valence-electron chi connectivity index (χ0n) is 8.40. The Balaban J connectivity index is 2.50. The Morgan fingerprint density at radius 2 is 2.50 bits per heavy atom. The fraction of sp³-hybridized carbons (Fsp3) is 0.625. The molecule has 0 bridgehead atoms. The van der Waals surface area contributed by atoms with Gasteiger partial charge in [0, 0.05) is 20.7 Å². The minimum Gasteiger partial charge on any atom is -0.389 e. The van der Waals surface area contributed by atoms with Crippen molar-refractivity contribution in [3.05, 3.63) is 6.20 Å². The van der Waals surface area contributed by atoms with E-state index in [1.807, 2.05) is 11.9 Å². The van der Waals surface area contributed by atoms with E-state index < -0.39 is 6.10 Å². The molecule has 14 heavy (non-hydrogen) atoms. The van der Waals surface area contributed by atoms with Gasteiger partial charge in [-0.25, -0.2) is 0 Å². The summed E-state index contributed by atoms with van der Waals surface area (Å²) in [5.74, 6) is 0.497. The lowest BCUT2D eigenvalue weighted by Crippen LogP contribution is -2.32. The van der Waals surface area contributed by atoms with Gasteiger partial charge >= 0.3 is 0 Å². The third kappa shape index (κ3) is 2.61. The molecule has 1 atom stereocenters. The van der Waals surface area contributed by atoms with Crippen molar-refractivity contribution in [2.75, 3.05) is 37.9 Å². The van der Waals surface area contributed by atoms with Crippen LogP contribution < -0.4 is 10.6 Å². The van der Waals surface area contributed by atoms with E-state index in [9.17, 15) is 5.11 Å². The Morgan fingerprint density at radius 3 is 3.00 bits per heavy atom. The lowest BCUT2D eigenvalue weighted by atomic mass is 10.3. The number of nitrogens with zero attached hydrogens (tertiary/aromatic N) is 2. The maximum Gasteiger partial charge on any atom is 0.142 e. The Morgan fingerprint density at radius 1 is 1.79 bits per heavy atom. The number of aliphatic hydroxyl groups is 1. The number of H-pyrrole nitrogens is 1. The van der Waals surface area contributed by atoms with Crippen molar-refractivity contribution in [1.29, 1.82) is 0 Å². The van der Waals surface area contributed by atoms with Gasteiger partial charge in [-0.15, -0.1) is 0 Å². The molecule has 0 saturated heterocycles. The van der Waals surface area contributed by atoms with Crippen molar-refractivity contribution in [1.82, 2.24) is 10.2 Å². The minimum absolute atomic E-state index is 0.308. The lowest BCUT2D eigenvalue weighted by Gasteiger charge is -2.21. The molecule has 0 saturated carbocycles. The molecule has 0 aromatic carbocycles. The molecule has 4 N–H and O–H groups in total. The van der Waals surface area contributed by atoms with Crippen molar-refractivity contribution in [2.45, 2.75) is 6.10 Å². The van der Waals surface area contributed by atoms with Gasteiger partial charge in [-0.3, -0.25) is 5.10 Å².